The first-order valence-corrected chi connectivity index (χ1v) is 8.37. The van der Waals surface area contributed by atoms with Gasteiger partial charge in [0.25, 0.3) is 0 Å². The van der Waals surface area contributed by atoms with Gasteiger partial charge in [-0.05, 0) is 30.3 Å². The molecule has 2 aromatic carbocycles. The van der Waals surface area contributed by atoms with Crippen molar-refractivity contribution < 1.29 is 4.74 Å². The molecule has 0 aliphatic rings. The molecule has 0 amide bonds. The van der Waals surface area contributed by atoms with E-state index in [1.54, 1.807) is 12.3 Å². The fourth-order valence-corrected chi connectivity index (χ4v) is 2.71. The molecule has 130 valence electrons. The van der Waals surface area contributed by atoms with Crippen molar-refractivity contribution in [1.82, 2.24) is 15.0 Å². The van der Waals surface area contributed by atoms with Gasteiger partial charge in [0.15, 0.2) is 5.65 Å². The van der Waals surface area contributed by atoms with Gasteiger partial charge < -0.3 is 10.1 Å². The molecule has 0 saturated carbocycles. The Labute approximate surface area is 156 Å². The highest BCUT2D eigenvalue weighted by molar-refractivity contribution is 5.88. The number of pyridine rings is 1. The van der Waals surface area contributed by atoms with E-state index < -0.39 is 0 Å². The minimum absolute atomic E-state index is 0.327. The second kappa shape index (κ2) is 7.50. The first-order valence-electron chi connectivity index (χ1n) is 8.37. The van der Waals surface area contributed by atoms with E-state index >= 15 is 0 Å². The van der Waals surface area contributed by atoms with Crippen molar-refractivity contribution in [3.63, 3.8) is 0 Å². The van der Waals surface area contributed by atoms with Crippen molar-refractivity contribution in [2.45, 2.75) is 6.61 Å². The summed E-state index contributed by atoms with van der Waals surface area (Å²) in [4.78, 5) is 12.7. The number of aromatic nitrogens is 3. The zero-order valence-electron chi connectivity index (χ0n) is 14.3. The number of nitriles is 1. The number of ether oxygens (including phenoxy) is 1. The van der Waals surface area contributed by atoms with Crippen molar-refractivity contribution in [3.8, 4) is 11.8 Å². The zero-order valence-corrected chi connectivity index (χ0v) is 14.3. The highest BCUT2D eigenvalue weighted by Gasteiger charge is 2.06. The lowest BCUT2D eigenvalue weighted by Gasteiger charge is -2.11. The SMILES string of the molecule is N#Cc1ccccc1COc1cccc(Nc2ncnc3ncccc23)c1. The van der Waals surface area contributed by atoms with Crippen LogP contribution in [0.2, 0.25) is 0 Å². The molecule has 2 heterocycles. The second-order valence-corrected chi connectivity index (χ2v) is 5.81. The Morgan fingerprint density at radius 2 is 1.89 bits per heavy atom. The largest absolute Gasteiger partial charge is 0.489 e. The van der Waals surface area contributed by atoms with Gasteiger partial charge in [-0.25, -0.2) is 15.0 Å². The maximum atomic E-state index is 9.18. The van der Waals surface area contributed by atoms with E-state index in [9.17, 15) is 5.26 Å². The number of fused-ring (bicyclic) bond motifs is 1. The number of nitrogens with one attached hydrogen (secondary N) is 1. The molecule has 4 rings (SSSR count). The van der Waals surface area contributed by atoms with Crippen LogP contribution in [-0.2, 0) is 6.61 Å². The lowest BCUT2D eigenvalue weighted by Crippen LogP contribution is -2.00. The quantitative estimate of drug-likeness (QED) is 0.578. The molecule has 0 atom stereocenters. The third-order valence-electron chi connectivity index (χ3n) is 4.04. The van der Waals surface area contributed by atoms with E-state index in [1.165, 1.54) is 6.33 Å². The Balaban J connectivity index is 1.53. The average molecular weight is 353 g/mol. The standard InChI is InChI=1S/C21H15N5O/c22-12-15-5-1-2-6-16(15)13-27-18-8-3-7-17(11-18)26-21-19-9-4-10-23-20(19)24-14-25-21/h1-11,14H,13H2,(H,23,24,25,26). The lowest BCUT2D eigenvalue weighted by molar-refractivity contribution is 0.306. The summed E-state index contributed by atoms with van der Waals surface area (Å²) in [6.45, 7) is 0.327. The molecular formula is C21H15N5O. The van der Waals surface area contributed by atoms with Gasteiger partial charge in [-0.15, -0.1) is 0 Å². The summed E-state index contributed by atoms with van der Waals surface area (Å²) in [5.41, 5.74) is 2.94. The van der Waals surface area contributed by atoms with E-state index in [2.05, 4.69) is 26.3 Å². The number of nitrogens with zero attached hydrogens (tertiary/aromatic N) is 4. The average Bonchev–Trinajstić information content (AvgIpc) is 2.73. The van der Waals surface area contributed by atoms with E-state index in [0.717, 1.165) is 16.6 Å². The van der Waals surface area contributed by atoms with Gasteiger partial charge in [-0.1, -0.05) is 24.3 Å². The zero-order chi connectivity index (χ0) is 18.5. The predicted octanol–water partition coefficient (Wildman–Crippen LogP) is 4.22. The van der Waals surface area contributed by atoms with Crippen LogP contribution in [0.5, 0.6) is 5.75 Å². The molecule has 2 aromatic heterocycles. The molecule has 6 heteroatoms. The minimum Gasteiger partial charge on any atom is -0.489 e. The molecule has 27 heavy (non-hydrogen) atoms. The van der Waals surface area contributed by atoms with Gasteiger partial charge >= 0.3 is 0 Å². The smallest absolute Gasteiger partial charge is 0.164 e. The predicted molar refractivity (Wildman–Crippen MR) is 103 cm³/mol. The summed E-state index contributed by atoms with van der Waals surface area (Å²) >= 11 is 0. The highest BCUT2D eigenvalue weighted by Crippen LogP contribution is 2.25. The molecule has 0 bridgehead atoms. The Morgan fingerprint density at radius 3 is 2.81 bits per heavy atom. The lowest BCUT2D eigenvalue weighted by atomic mass is 10.1. The summed E-state index contributed by atoms with van der Waals surface area (Å²) < 4.78 is 5.86. The first kappa shape index (κ1) is 16.5. The molecule has 0 radical (unpaired) electrons. The summed E-state index contributed by atoms with van der Waals surface area (Å²) in [5, 5.41) is 13.3. The summed E-state index contributed by atoms with van der Waals surface area (Å²) in [6, 6.07) is 21.0. The van der Waals surface area contributed by atoms with Crippen LogP contribution in [0.4, 0.5) is 11.5 Å². The number of rotatable bonds is 5. The van der Waals surface area contributed by atoms with Crippen LogP contribution in [0.15, 0.2) is 73.2 Å². The van der Waals surface area contributed by atoms with E-state index in [4.69, 9.17) is 4.74 Å². The van der Waals surface area contributed by atoms with Crippen molar-refractivity contribution >= 4 is 22.5 Å². The Kier molecular flexibility index (Phi) is 4.58. The summed E-state index contributed by atoms with van der Waals surface area (Å²) in [5.74, 6) is 1.38. The van der Waals surface area contributed by atoms with Crippen LogP contribution in [0.3, 0.4) is 0 Å². The first-order chi connectivity index (χ1) is 13.3. The molecular weight excluding hydrogens is 338 g/mol. The Morgan fingerprint density at radius 1 is 0.963 bits per heavy atom. The van der Waals surface area contributed by atoms with Crippen molar-refractivity contribution in [2.24, 2.45) is 0 Å². The fourth-order valence-electron chi connectivity index (χ4n) is 2.71. The van der Waals surface area contributed by atoms with Crippen LogP contribution < -0.4 is 10.1 Å². The number of hydrogen-bond donors (Lipinski definition) is 1. The molecule has 4 aromatic rings. The number of benzene rings is 2. The van der Waals surface area contributed by atoms with Crippen LogP contribution in [-0.4, -0.2) is 15.0 Å². The maximum Gasteiger partial charge on any atom is 0.164 e. The number of anilines is 2. The van der Waals surface area contributed by atoms with Crippen molar-refractivity contribution in [1.29, 1.82) is 5.26 Å². The molecule has 6 nitrogen and oxygen atoms in total. The topological polar surface area (TPSA) is 83.7 Å². The van der Waals surface area contributed by atoms with E-state index in [0.29, 0.717) is 29.4 Å². The highest BCUT2D eigenvalue weighted by atomic mass is 16.5. The molecule has 0 aliphatic carbocycles. The van der Waals surface area contributed by atoms with Gasteiger partial charge in [0, 0.05) is 23.5 Å². The van der Waals surface area contributed by atoms with Gasteiger partial charge in [0.1, 0.15) is 24.5 Å². The second-order valence-electron chi connectivity index (χ2n) is 5.81. The third kappa shape index (κ3) is 3.67. The van der Waals surface area contributed by atoms with Crippen LogP contribution >= 0.6 is 0 Å². The monoisotopic (exact) mass is 353 g/mol. The number of hydrogen-bond acceptors (Lipinski definition) is 6. The Hall–Kier alpha value is -3.98. The molecule has 1 N–H and O–H groups in total. The van der Waals surface area contributed by atoms with Crippen LogP contribution in [0, 0.1) is 11.3 Å². The van der Waals surface area contributed by atoms with Crippen molar-refractivity contribution in [3.05, 3.63) is 84.3 Å². The van der Waals surface area contributed by atoms with Crippen molar-refractivity contribution in [2.75, 3.05) is 5.32 Å². The molecule has 0 aliphatic heterocycles. The molecule has 0 unspecified atom stereocenters. The van der Waals surface area contributed by atoms with E-state index in [1.807, 2.05) is 54.6 Å². The normalized spacial score (nSPS) is 10.3. The van der Waals surface area contributed by atoms with Gasteiger partial charge in [0.2, 0.25) is 0 Å². The third-order valence-corrected chi connectivity index (χ3v) is 4.04. The fraction of sp³-hybridized carbons (Fsp3) is 0.0476. The Bertz CT molecular complexity index is 1130. The van der Waals surface area contributed by atoms with Gasteiger partial charge in [-0.2, -0.15) is 5.26 Å². The van der Waals surface area contributed by atoms with Crippen LogP contribution in [0.25, 0.3) is 11.0 Å². The summed E-state index contributed by atoms with van der Waals surface area (Å²) in [7, 11) is 0. The van der Waals surface area contributed by atoms with E-state index in [-0.39, 0.29) is 0 Å². The molecule has 0 saturated heterocycles. The summed E-state index contributed by atoms with van der Waals surface area (Å²) in [6.07, 6.45) is 3.18. The molecule has 0 fully saturated rings. The van der Waals surface area contributed by atoms with Gasteiger partial charge in [0.05, 0.1) is 17.0 Å². The maximum absolute atomic E-state index is 9.18. The minimum atomic E-state index is 0.327. The van der Waals surface area contributed by atoms with Gasteiger partial charge in [-0.3, -0.25) is 0 Å². The molecule has 0 spiro atoms. The van der Waals surface area contributed by atoms with Crippen LogP contribution in [0.1, 0.15) is 11.1 Å².